The van der Waals surface area contributed by atoms with Gasteiger partial charge in [-0.15, -0.1) is 0 Å². The average Bonchev–Trinajstić information content (AvgIpc) is 2.63. The molecule has 0 fully saturated rings. The summed E-state index contributed by atoms with van der Waals surface area (Å²) in [5.41, 5.74) is 3.08. The fourth-order valence-electron chi connectivity index (χ4n) is 2.49. The number of hydrogen-bond acceptors (Lipinski definition) is 3. The van der Waals surface area contributed by atoms with Crippen LogP contribution in [0.15, 0.2) is 54.6 Å². The lowest BCUT2D eigenvalue weighted by atomic mass is 10.1. The molecule has 2 N–H and O–H groups in total. The Kier molecular flexibility index (Phi) is 7.83. The van der Waals surface area contributed by atoms with Gasteiger partial charge in [0.15, 0.2) is 0 Å². The topological polar surface area (TPSA) is 67.4 Å². The second-order valence-electron chi connectivity index (χ2n) is 6.40. The van der Waals surface area contributed by atoms with Crippen molar-refractivity contribution in [3.05, 3.63) is 65.7 Å². The maximum Gasteiger partial charge on any atom is 0.250 e. The third-order valence-corrected chi connectivity index (χ3v) is 3.92. The highest BCUT2D eigenvalue weighted by atomic mass is 16.5. The Morgan fingerprint density at radius 3 is 2.31 bits per heavy atom. The van der Waals surface area contributed by atoms with Crippen LogP contribution in [-0.2, 0) is 20.7 Å². The molecule has 0 aliphatic heterocycles. The lowest BCUT2D eigenvalue weighted by Gasteiger charge is -2.14. The first kappa shape index (κ1) is 19.7. The van der Waals surface area contributed by atoms with Crippen LogP contribution in [-0.4, -0.2) is 31.1 Å². The molecule has 0 saturated carbocycles. The van der Waals surface area contributed by atoms with Crippen LogP contribution in [0.5, 0.6) is 0 Å². The zero-order valence-corrected chi connectivity index (χ0v) is 15.3. The molecule has 1 atom stereocenters. The Bertz CT molecular complexity index is 699. The van der Waals surface area contributed by atoms with Crippen molar-refractivity contribution in [2.75, 3.05) is 18.5 Å². The zero-order chi connectivity index (χ0) is 18.8. The summed E-state index contributed by atoms with van der Waals surface area (Å²) in [4.78, 5) is 23.7. The molecule has 1 unspecified atom stereocenters. The third kappa shape index (κ3) is 7.49. The molecule has 2 rings (SSSR count). The van der Waals surface area contributed by atoms with Gasteiger partial charge in [-0.3, -0.25) is 9.59 Å². The van der Waals surface area contributed by atoms with Gasteiger partial charge in [-0.2, -0.15) is 0 Å². The van der Waals surface area contributed by atoms with E-state index in [1.807, 2.05) is 56.3 Å². The standard InChI is InChI=1S/C21H26N2O3/c1-16-8-12-19(13-9-16)23-21(25)15-26-14-20(24)22-17(2)10-11-18-6-4-3-5-7-18/h3-9,12-13,17H,10-11,14-15H2,1-2H3,(H,22,24)(H,23,25). The van der Waals surface area contributed by atoms with Gasteiger partial charge in [-0.05, 0) is 44.4 Å². The van der Waals surface area contributed by atoms with E-state index in [0.29, 0.717) is 5.69 Å². The quantitative estimate of drug-likeness (QED) is 0.727. The van der Waals surface area contributed by atoms with Crippen LogP contribution in [0, 0.1) is 6.92 Å². The minimum atomic E-state index is -0.279. The Labute approximate surface area is 154 Å². The van der Waals surface area contributed by atoms with Crippen molar-refractivity contribution in [3.8, 4) is 0 Å². The number of anilines is 1. The van der Waals surface area contributed by atoms with Gasteiger partial charge < -0.3 is 15.4 Å². The number of carbonyl (C=O) groups excluding carboxylic acids is 2. The lowest BCUT2D eigenvalue weighted by Crippen LogP contribution is -2.36. The van der Waals surface area contributed by atoms with Crippen molar-refractivity contribution in [2.45, 2.75) is 32.7 Å². The number of rotatable bonds is 9. The monoisotopic (exact) mass is 354 g/mol. The molecule has 2 aromatic rings. The van der Waals surface area contributed by atoms with Crippen LogP contribution in [0.3, 0.4) is 0 Å². The number of carbonyl (C=O) groups is 2. The minimum Gasteiger partial charge on any atom is -0.362 e. The first-order valence-corrected chi connectivity index (χ1v) is 8.80. The molecule has 5 heteroatoms. The Morgan fingerprint density at radius 1 is 0.962 bits per heavy atom. The van der Waals surface area contributed by atoms with Gasteiger partial charge in [-0.1, -0.05) is 48.0 Å². The van der Waals surface area contributed by atoms with Gasteiger partial charge in [-0.25, -0.2) is 0 Å². The summed E-state index contributed by atoms with van der Waals surface area (Å²) in [6, 6.07) is 17.7. The highest BCUT2D eigenvalue weighted by Gasteiger charge is 2.09. The smallest absolute Gasteiger partial charge is 0.250 e. The van der Waals surface area contributed by atoms with Gasteiger partial charge in [0, 0.05) is 11.7 Å². The van der Waals surface area contributed by atoms with E-state index in [-0.39, 0.29) is 31.1 Å². The summed E-state index contributed by atoms with van der Waals surface area (Å²) in [5, 5.41) is 5.61. The molecule has 0 bridgehead atoms. The normalized spacial score (nSPS) is 11.6. The van der Waals surface area contributed by atoms with Gasteiger partial charge in [0.25, 0.3) is 0 Å². The summed E-state index contributed by atoms with van der Waals surface area (Å²) in [6.07, 6.45) is 1.76. The molecule has 0 heterocycles. The van der Waals surface area contributed by atoms with Gasteiger partial charge in [0.05, 0.1) is 0 Å². The highest BCUT2D eigenvalue weighted by Crippen LogP contribution is 2.08. The van der Waals surface area contributed by atoms with Gasteiger partial charge in [0.1, 0.15) is 13.2 Å². The summed E-state index contributed by atoms with van der Waals surface area (Å²) >= 11 is 0. The molecule has 26 heavy (non-hydrogen) atoms. The molecule has 5 nitrogen and oxygen atoms in total. The molecular formula is C21H26N2O3. The van der Waals surface area contributed by atoms with Crippen molar-refractivity contribution in [2.24, 2.45) is 0 Å². The summed E-state index contributed by atoms with van der Waals surface area (Å²) in [6.45, 7) is 3.66. The van der Waals surface area contributed by atoms with Crippen LogP contribution in [0.2, 0.25) is 0 Å². The van der Waals surface area contributed by atoms with E-state index in [4.69, 9.17) is 4.74 Å². The lowest BCUT2D eigenvalue weighted by molar-refractivity contribution is -0.129. The molecular weight excluding hydrogens is 328 g/mol. The Hall–Kier alpha value is -2.66. The molecule has 0 spiro atoms. The van der Waals surface area contributed by atoms with Crippen LogP contribution in [0.4, 0.5) is 5.69 Å². The van der Waals surface area contributed by atoms with E-state index >= 15 is 0 Å². The van der Waals surface area contributed by atoms with Crippen LogP contribution in [0.1, 0.15) is 24.5 Å². The molecule has 138 valence electrons. The summed E-state index contributed by atoms with van der Waals surface area (Å²) in [7, 11) is 0. The van der Waals surface area contributed by atoms with Crippen molar-refractivity contribution in [1.29, 1.82) is 0 Å². The number of aryl methyl sites for hydroxylation is 2. The van der Waals surface area contributed by atoms with Crippen LogP contribution in [0.25, 0.3) is 0 Å². The van der Waals surface area contributed by atoms with Crippen molar-refractivity contribution < 1.29 is 14.3 Å². The first-order chi connectivity index (χ1) is 12.5. The van der Waals surface area contributed by atoms with Crippen LogP contribution < -0.4 is 10.6 Å². The van der Waals surface area contributed by atoms with Crippen LogP contribution >= 0.6 is 0 Å². The maximum absolute atomic E-state index is 11.9. The van der Waals surface area contributed by atoms with E-state index in [9.17, 15) is 9.59 Å². The molecule has 0 radical (unpaired) electrons. The third-order valence-electron chi connectivity index (χ3n) is 3.92. The number of amides is 2. The first-order valence-electron chi connectivity index (χ1n) is 8.80. The van der Waals surface area contributed by atoms with Crippen molar-refractivity contribution in [1.82, 2.24) is 5.32 Å². The molecule has 0 aliphatic carbocycles. The van der Waals surface area contributed by atoms with E-state index in [1.165, 1.54) is 5.56 Å². The minimum absolute atomic E-state index is 0.0488. The second-order valence-corrected chi connectivity index (χ2v) is 6.40. The maximum atomic E-state index is 11.9. The van der Waals surface area contributed by atoms with Crippen molar-refractivity contribution >= 4 is 17.5 Å². The molecule has 2 aromatic carbocycles. The predicted molar refractivity (Wildman–Crippen MR) is 103 cm³/mol. The summed E-state index contributed by atoms with van der Waals surface area (Å²) in [5.74, 6) is -0.493. The molecule has 0 saturated heterocycles. The second kappa shape index (κ2) is 10.4. The molecule has 0 aromatic heterocycles. The largest absolute Gasteiger partial charge is 0.362 e. The SMILES string of the molecule is Cc1ccc(NC(=O)COCC(=O)NC(C)CCc2ccccc2)cc1. The predicted octanol–water partition coefficient (Wildman–Crippen LogP) is 3.09. The van der Waals surface area contributed by atoms with E-state index in [0.717, 1.165) is 18.4 Å². The number of hydrogen-bond donors (Lipinski definition) is 2. The summed E-state index contributed by atoms with van der Waals surface area (Å²) < 4.78 is 5.19. The van der Waals surface area contributed by atoms with Crippen molar-refractivity contribution in [3.63, 3.8) is 0 Å². The van der Waals surface area contributed by atoms with E-state index < -0.39 is 0 Å². The van der Waals surface area contributed by atoms with E-state index in [1.54, 1.807) is 0 Å². The van der Waals surface area contributed by atoms with Gasteiger partial charge in [0.2, 0.25) is 11.8 Å². The number of benzene rings is 2. The molecule has 2 amide bonds. The number of ether oxygens (including phenoxy) is 1. The fourth-order valence-corrected chi connectivity index (χ4v) is 2.49. The fraction of sp³-hybridized carbons (Fsp3) is 0.333. The molecule has 0 aliphatic rings. The Morgan fingerprint density at radius 2 is 1.62 bits per heavy atom. The Balaban J connectivity index is 1.60. The van der Waals surface area contributed by atoms with Gasteiger partial charge >= 0.3 is 0 Å². The highest BCUT2D eigenvalue weighted by molar-refractivity contribution is 5.91. The average molecular weight is 354 g/mol. The zero-order valence-electron chi connectivity index (χ0n) is 15.3. The van der Waals surface area contributed by atoms with E-state index in [2.05, 4.69) is 22.8 Å². The number of nitrogens with one attached hydrogen (secondary N) is 2.